The van der Waals surface area contributed by atoms with Gasteiger partial charge in [-0.1, -0.05) is 0 Å². The number of rotatable bonds is 2. The maximum absolute atomic E-state index is 10.1. The van der Waals surface area contributed by atoms with Gasteiger partial charge in [-0.15, -0.1) is 0 Å². The fraction of sp³-hybridized carbons (Fsp3) is 1.00. The van der Waals surface area contributed by atoms with Crippen molar-refractivity contribution in [1.29, 1.82) is 0 Å². The molecule has 11 heavy (non-hydrogen) atoms. The zero-order valence-corrected chi connectivity index (χ0v) is 7.05. The third-order valence-electron chi connectivity index (χ3n) is 3.16. The molecule has 2 atom stereocenters. The lowest BCUT2D eigenvalue weighted by molar-refractivity contribution is -0.0246. The minimum absolute atomic E-state index is 0.398. The Morgan fingerprint density at radius 2 is 2.00 bits per heavy atom. The average Bonchev–Trinajstić information content (AvgIpc) is 2.66. The van der Waals surface area contributed by atoms with Crippen molar-refractivity contribution < 1.29 is 9.84 Å². The van der Waals surface area contributed by atoms with Crippen molar-refractivity contribution in [2.45, 2.75) is 31.8 Å². The van der Waals surface area contributed by atoms with E-state index in [0.29, 0.717) is 11.8 Å². The lowest BCUT2D eigenvalue weighted by Crippen LogP contribution is -2.37. The van der Waals surface area contributed by atoms with E-state index in [9.17, 15) is 5.11 Å². The normalized spacial score (nSPS) is 37.1. The average molecular weight is 156 g/mol. The summed E-state index contributed by atoms with van der Waals surface area (Å²) in [7, 11) is 0. The summed E-state index contributed by atoms with van der Waals surface area (Å²) in [4.78, 5) is 0. The number of ether oxygens (including phenoxy) is 1. The van der Waals surface area contributed by atoms with E-state index in [-0.39, 0.29) is 0 Å². The van der Waals surface area contributed by atoms with Crippen LogP contribution < -0.4 is 0 Å². The summed E-state index contributed by atoms with van der Waals surface area (Å²) in [6.45, 7) is 3.58. The molecule has 0 spiro atoms. The van der Waals surface area contributed by atoms with Crippen molar-refractivity contribution in [1.82, 2.24) is 0 Å². The van der Waals surface area contributed by atoms with Crippen molar-refractivity contribution in [2.24, 2.45) is 11.8 Å². The molecule has 0 unspecified atom stereocenters. The molecular weight excluding hydrogens is 140 g/mol. The van der Waals surface area contributed by atoms with Gasteiger partial charge in [0.2, 0.25) is 0 Å². The summed E-state index contributed by atoms with van der Waals surface area (Å²) in [5, 5.41) is 10.1. The van der Waals surface area contributed by atoms with Crippen LogP contribution in [0.15, 0.2) is 0 Å². The molecule has 0 radical (unpaired) electrons. The van der Waals surface area contributed by atoms with Gasteiger partial charge in [-0.25, -0.2) is 0 Å². The van der Waals surface area contributed by atoms with Crippen LogP contribution in [-0.2, 0) is 4.74 Å². The van der Waals surface area contributed by atoms with Crippen LogP contribution in [0.1, 0.15) is 26.2 Å². The van der Waals surface area contributed by atoms with Crippen LogP contribution in [0.4, 0.5) is 0 Å². The van der Waals surface area contributed by atoms with Gasteiger partial charge in [-0.05, 0) is 32.1 Å². The molecule has 1 aliphatic heterocycles. The van der Waals surface area contributed by atoms with Gasteiger partial charge < -0.3 is 9.84 Å². The Bertz CT molecular complexity index is 144. The van der Waals surface area contributed by atoms with Crippen LogP contribution in [0, 0.1) is 11.8 Å². The van der Waals surface area contributed by atoms with Crippen LogP contribution in [0.2, 0.25) is 0 Å². The Morgan fingerprint density at radius 3 is 2.45 bits per heavy atom. The van der Waals surface area contributed by atoms with Gasteiger partial charge >= 0.3 is 0 Å². The number of hydrogen-bond acceptors (Lipinski definition) is 2. The molecule has 1 N–H and O–H groups in total. The molecule has 64 valence electrons. The summed E-state index contributed by atoms with van der Waals surface area (Å²) in [6, 6.07) is 0. The van der Waals surface area contributed by atoms with Crippen molar-refractivity contribution in [3.8, 4) is 0 Å². The summed E-state index contributed by atoms with van der Waals surface area (Å²) in [5.74, 6) is 0.962. The van der Waals surface area contributed by atoms with Gasteiger partial charge in [0.1, 0.15) is 0 Å². The topological polar surface area (TPSA) is 29.5 Å². The molecule has 2 aliphatic rings. The van der Waals surface area contributed by atoms with Gasteiger partial charge in [-0.3, -0.25) is 0 Å². The first-order chi connectivity index (χ1) is 5.21. The molecule has 0 aromatic carbocycles. The van der Waals surface area contributed by atoms with E-state index >= 15 is 0 Å². The van der Waals surface area contributed by atoms with Crippen LogP contribution in [0.5, 0.6) is 0 Å². The molecule has 0 aromatic rings. The summed E-state index contributed by atoms with van der Waals surface area (Å²) in [5.41, 5.74) is -0.434. The monoisotopic (exact) mass is 156 g/mol. The first-order valence-electron chi connectivity index (χ1n) is 4.51. The number of aliphatic hydroxyl groups is 1. The Kier molecular flexibility index (Phi) is 1.69. The van der Waals surface area contributed by atoms with Gasteiger partial charge in [-0.2, -0.15) is 0 Å². The minimum Gasteiger partial charge on any atom is -0.390 e. The molecule has 1 aliphatic carbocycles. The Labute approximate surface area is 67.6 Å². The zero-order valence-electron chi connectivity index (χ0n) is 7.05. The Morgan fingerprint density at radius 1 is 1.27 bits per heavy atom. The molecule has 2 nitrogen and oxygen atoms in total. The second-order valence-corrected chi connectivity index (χ2v) is 4.06. The van der Waals surface area contributed by atoms with Crippen LogP contribution in [-0.4, -0.2) is 23.9 Å². The van der Waals surface area contributed by atoms with Crippen LogP contribution >= 0.6 is 0 Å². The first-order valence-corrected chi connectivity index (χ1v) is 4.51. The molecule has 0 amide bonds. The maximum Gasteiger partial charge on any atom is 0.0698 e. The van der Waals surface area contributed by atoms with Crippen molar-refractivity contribution >= 4 is 0 Å². The van der Waals surface area contributed by atoms with Crippen LogP contribution in [0.3, 0.4) is 0 Å². The Hall–Kier alpha value is -0.0800. The molecule has 1 saturated carbocycles. The van der Waals surface area contributed by atoms with Crippen molar-refractivity contribution in [3.05, 3.63) is 0 Å². The molecule has 2 rings (SSSR count). The van der Waals surface area contributed by atoms with Gasteiger partial charge in [0, 0.05) is 12.5 Å². The SMILES string of the molecule is C[C@](O)(C1CC1)[C@@H]1CCOC1. The highest BCUT2D eigenvalue weighted by molar-refractivity contribution is 4.96. The van der Waals surface area contributed by atoms with E-state index in [4.69, 9.17) is 4.74 Å². The smallest absolute Gasteiger partial charge is 0.0698 e. The molecule has 1 heterocycles. The van der Waals surface area contributed by atoms with Gasteiger partial charge in [0.05, 0.1) is 12.2 Å². The standard InChI is InChI=1S/C9H16O2/c1-9(10,7-2-3-7)8-4-5-11-6-8/h7-8,10H,2-6H2,1H3/t8-,9+/m1/s1. The lowest BCUT2D eigenvalue weighted by atomic mass is 9.84. The fourth-order valence-electron chi connectivity index (χ4n) is 2.00. The van der Waals surface area contributed by atoms with Gasteiger partial charge in [0.25, 0.3) is 0 Å². The molecule has 0 aromatic heterocycles. The maximum atomic E-state index is 10.1. The minimum atomic E-state index is -0.434. The molecular formula is C9H16O2. The van der Waals surface area contributed by atoms with E-state index in [2.05, 4.69) is 0 Å². The molecule has 0 bridgehead atoms. The van der Waals surface area contributed by atoms with E-state index in [1.807, 2.05) is 6.92 Å². The molecule has 2 fully saturated rings. The first kappa shape index (κ1) is 7.56. The van der Waals surface area contributed by atoms with Crippen molar-refractivity contribution in [2.75, 3.05) is 13.2 Å². The van der Waals surface area contributed by atoms with Gasteiger partial charge in [0.15, 0.2) is 0 Å². The third-order valence-corrected chi connectivity index (χ3v) is 3.16. The summed E-state index contributed by atoms with van der Waals surface area (Å²) >= 11 is 0. The zero-order chi connectivity index (χ0) is 7.90. The van der Waals surface area contributed by atoms with Crippen LogP contribution in [0.25, 0.3) is 0 Å². The highest BCUT2D eigenvalue weighted by Crippen LogP contribution is 2.45. The summed E-state index contributed by atoms with van der Waals surface area (Å²) < 4.78 is 5.26. The van der Waals surface area contributed by atoms with E-state index < -0.39 is 5.60 Å². The predicted molar refractivity (Wildman–Crippen MR) is 42.3 cm³/mol. The third kappa shape index (κ3) is 1.30. The molecule has 1 saturated heterocycles. The molecule has 2 heteroatoms. The largest absolute Gasteiger partial charge is 0.390 e. The van der Waals surface area contributed by atoms with E-state index in [1.54, 1.807) is 0 Å². The van der Waals surface area contributed by atoms with E-state index in [0.717, 1.165) is 19.6 Å². The highest BCUT2D eigenvalue weighted by atomic mass is 16.5. The quantitative estimate of drug-likeness (QED) is 0.650. The second-order valence-electron chi connectivity index (χ2n) is 4.06. The Balaban J connectivity index is 1.99. The predicted octanol–water partition coefficient (Wildman–Crippen LogP) is 1.18. The number of hydrogen-bond donors (Lipinski definition) is 1. The fourth-order valence-corrected chi connectivity index (χ4v) is 2.00. The highest BCUT2D eigenvalue weighted by Gasteiger charge is 2.46. The summed E-state index contributed by atoms with van der Waals surface area (Å²) in [6.07, 6.45) is 3.47. The van der Waals surface area contributed by atoms with E-state index in [1.165, 1.54) is 12.8 Å². The van der Waals surface area contributed by atoms with Crippen molar-refractivity contribution in [3.63, 3.8) is 0 Å². The lowest BCUT2D eigenvalue weighted by Gasteiger charge is -2.28. The second kappa shape index (κ2) is 2.46.